The molecule has 7 heteroatoms. The van der Waals surface area contributed by atoms with Crippen LogP contribution in [0.25, 0.3) is 0 Å². The van der Waals surface area contributed by atoms with Crippen molar-refractivity contribution < 1.29 is 4.79 Å². The number of hydrogen-bond donors (Lipinski definition) is 1. The van der Waals surface area contributed by atoms with E-state index in [1.54, 1.807) is 6.20 Å². The molecule has 1 aromatic heterocycles. The van der Waals surface area contributed by atoms with Crippen molar-refractivity contribution in [3.05, 3.63) is 23.9 Å². The highest BCUT2D eigenvalue weighted by Crippen LogP contribution is 2.27. The minimum absolute atomic E-state index is 0. The van der Waals surface area contributed by atoms with Crippen LogP contribution in [0.2, 0.25) is 0 Å². The Hall–Kier alpha value is -1.04. The molecule has 1 amide bonds. The van der Waals surface area contributed by atoms with Crippen molar-refractivity contribution in [2.75, 3.05) is 45.2 Å². The molecule has 3 heterocycles. The molecule has 0 saturated carbocycles. The molecule has 2 aliphatic heterocycles. The van der Waals surface area contributed by atoms with Crippen molar-refractivity contribution in [2.45, 2.75) is 12.8 Å². The van der Waals surface area contributed by atoms with Gasteiger partial charge in [0.25, 0.3) is 5.91 Å². The first kappa shape index (κ1) is 20.0. The van der Waals surface area contributed by atoms with Crippen molar-refractivity contribution in [1.82, 2.24) is 15.2 Å². The van der Waals surface area contributed by atoms with Gasteiger partial charge in [0.15, 0.2) is 0 Å². The van der Waals surface area contributed by atoms with Gasteiger partial charge < -0.3 is 15.1 Å². The quantitative estimate of drug-likeness (QED) is 0.876. The number of amides is 1. The number of nitrogens with one attached hydrogen (secondary N) is 1. The first-order valence-corrected chi connectivity index (χ1v) is 7.78. The summed E-state index contributed by atoms with van der Waals surface area (Å²) in [5, 5.41) is 3.47. The Labute approximate surface area is 150 Å². The minimum Gasteiger partial charge on any atom is -0.363 e. The van der Waals surface area contributed by atoms with Crippen LogP contribution in [0.4, 0.5) is 5.82 Å². The largest absolute Gasteiger partial charge is 0.363 e. The molecule has 2 fully saturated rings. The van der Waals surface area contributed by atoms with Crippen LogP contribution in [0, 0.1) is 11.8 Å². The average Bonchev–Trinajstić information content (AvgIpc) is 2.85. The van der Waals surface area contributed by atoms with Gasteiger partial charge in [0.05, 0.1) is 0 Å². The second-order valence-corrected chi connectivity index (χ2v) is 6.35. The van der Waals surface area contributed by atoms with E-state index in [0.29, 0.717) is 0 Å². The number of fused-ring (bicyclic) bond motifs is 1. The highest BCUT2D eigenvalue weighted by molar-refractivity contribution is 5.94. The summed E-state index contributed by atoms with van der Waals surface area (Å²) >= 11 is 0. The number of carbonyl (C=O) groups excluding carboxylic acids is 1. The summed E-state index contributed by atoms with van der Waals surface area (Å²) < 4.78 is 0. The van der Waals surface area contributed by atoms with E-state index in [-0.39, 0.29) is 30.7 Å². The predicted molar refractivity (Wildman–Crippen MR) is 98.0 cm³/mol. The third-order valence-corrected chi connectivity index (χ3v) is 4.76. The number of rotatable bonds is 2. The highest BCUT2D eigenvalue weighted by atomic mass is 35.5. The maximum Gasteiger partial charge on any atom is 0.254 e. The fourth-order valence-corrected chi connectivity index (χ4v) is 3.40. The molecule has 1 aromatic rings. The number of nitrogens with zero attached hydrogens (tertiary/aromatic N) is 3. The molecule has 2 atom stereocenters. The number of anilines is 1. The SMILES string of the molecule is CN(C)c1cc(C(=O)N2CC[C@@H]3CNC[C@@H]3CC2)ccn1.Cl.Cl. The molecule has 0 aromatic carbocycles. The van der Waals surface area contributed by atoms with Crippen molar-refractivity contribution in [2.24, 2.45) is 11.8 Å². The molecule has 0 bridgehead atoms. The van der Waals surface area contributed by atoms with Crippen molar-refractivity contribution in [1.29, 1.82) is 0 Å². The molecule has 0 spiro atoms. The lowest BCUT2D eigenvalue weighted by Gasteiger charge is -2.21. The number of hydrogen-bond acceptors (Lipinski definition) is 4. The maximum absolute atomic E-state index is 12.7. The van der Waals surface area contributed by atoms with E-state index >= 15 is 0 Å². The lowest BCUT2D eigenvalue weighted by Crippen LogP contribution is -2.33. The first-order chi connectivity index (χ1) is 10.1. The van der Waals surface area contributed by atoms with Crippen LogP contribution in [-0.4, -0.2) is 56.1 Å². The van der Waals surface area contributed by atoms with Crippen LogP contribution < -0.4 is 10.2 Å². The van der Waals surface area contributed by atoms with Crippen molar-refractivity contribution in [3.8, 4) is 0 Å². The summed E-state index contributed by atoms with van der Waals surface area (Å²) in [5.74, 6) is 2.47. The molecular weight excluding hydrogens is 335 g/mol. The second-order valence-electron chi connectivity index (χ2n) is 6.35. The van der Waals surface area contributed by atoms with Gasteiger partial charge in [0.1, 0.15) is 5.82 Å². The average molecular weight is 361 g/mol. The smallest absolute Gasteiger partial charge is 0.254 e. The van der Waals surface area contributed by atoms with Gasteiger partial charge in [-0.3, -0.25) is 4.79 Å². The summed E-state index contributed by atoms with van der Waals surface area (Å²) in [6, 6.07) is 3.71. The molecular formula is C16H26Cl2N4O. The monoisotopic (exact) mass is 360 g/mol. The van der Waals surface area contributed by atoms with E-state index in [9.17, 15) is 4.79 Å². The van der Waals surface area contributed by atoms with E-state index in [4.69, 9.17) is 0 Å². The molecule has 0 aliphatic carbocycles. The lowest BCUT2D eigenvalue weighted by molar-refractivity contribution is 0.0758. The molecule has 2 aliphatic rings. The van der Waals surface area contributed by atoms with Crippen LogP contribution in [0.3, 0.4) is 0 Å². The van der Waals surface area contributed by atoms with E-state index in [2.05, 4.69) is 10.3 Å². The van der Waals surface area contributed by atoms with Gasteiger partial charge in [-0.2, -0.15) is 0 Å². The zero-order valence-corrected chi connectivity index (χ0v) is 15.3. The fourth-order valence-electron chi connectivity index (χ4n) is 3.40. The summed E-state index contributed by atoms with van der Waals surface area (Å²) in [7, 11) is 3.88. The molecule has 1 N–H and O–H groups in total. The minimum atomic E-state index is 0. The van der Waals surface area contributed by atoms with Crippen molar-refractivity contribution in [3.63, 3.8) is 0 Å². The Morgan fingerprint density at radius 2 is 1.83 bits per heavy atom. The van der Waals surface area contributed by atoms with Crippen LogP contribution in [0.15, 0.2) is 18.3 Å². The third kappa shape index (κ3) is 4.49. The molecule has 3 rings (SSSR count). The Kier molecular flexibility index (Phi) is 7.58. The van der Waals surface area contributed by atoms with Gasteiger partial charge in [0.2, 0.25) is 0 Å². The van der Waals surface area contributed by atoms with Crippen LogP contribution in [-0.2, 0) is 0 Å². The normalized spacial score (nSPS) is 23.1. The van der Waals surface area contributed by atoms with Gasteiger partial charge in [-0.25, -0.2) is 4.98 Å². The zero-order chi connectivity index (χ0) is 14.8. The highest BCUT2D eigenvalue weighted by Gasteiger charge is 2.31. The standard InChI is InChI=1S/C16H24N4O.2ClH/c1-19(2)15-9-12(3-6-18-15)16(21)20-7-4-13-10-17-11-14(13)5-8-20;;/h3,6,9,13-14,17H,4-5,7-8,10-11H2,1-2H3;2*1H/t13-,14+;;. The zero-order valence-electron chi connectivity index (χ0n) is 13.7. The molecule has 130 valence electrons. The molecule has 5 nitrogen and oxygen atoms in total. The van der Waals surface area contributed by atoms with Crippen LogP contribution >= 0.6 is 24.8 Å². The molecule has 23 heavy (non-hydrogen) atoms. The van der Waals surface area contributed by atoms with E-state index < -0.39 is 0 Å². The number of pyridine rings is 1. The molecule has 0 unspecified atom stereocenters. The van der Waals surface area contributed by atoms with Gasteiger partial charge in [0, 0.05) is 38.9 Å². The topological polar surface area (TPSA) is 48.5 Å². The van der Waals surface area contributed by atoms with E-state index in [1.165, 1.54) is 0 Å². The summed E-state index contributed by atoms with van der Waals surface area (Å²) in [6.45, 7) is 3.99. The van der Waals surface area contributed by atoms with Crippen molar-refractivity contribution >= 4 is 36.5 Å². The van der Waals surface area contributed by atoms with Crippen LogP contribution in [0.5, 0.6) is 0 Å². The van der Waals surface area contributed by atoms with Gasteiger partial charge in [-0.1, -0.05) is 0 Å². The van der Waals surface area contributed by atoms with Gasteiger partial charge in [-0.05, 0) is 49.9 Å². The Morgan fingerprint density at radius 1 is 1.22 bits per heavy atom. The van der Waals surface area contributed by atoms with E-state index in [0.717, 1.165) is 62.2 Å². The number of carbonyl (C=O) groups is 1. The predicted octanol–water partition coefficient (Wildman–Crippen LogP) is 2.06. The molecule has 2 saturated heterocycles. The Balaban J connectivity index is 0.00000132. The maximum atomic E-state index is 12.7. The van der Waals surface area contributed by atoms with Crippen LogP contribution in [0.1, 0.15) is 23.2 Å². The number of halogens is 2. The summed E-state index contributed by atoms with van der Waals surface area (Å²) in [6.07, 6.45) is 3.96. The number of likely N-dealkylation sites (tertiary alicyclic amines) is 1. The second kappa shape index (κ2) is 8.71. The third-order valence-electron chi connectivity index (χ3n) is 4.76. The fraction of sp³-hybridized carbons (Fsp3) is 0.625. The molecule has 0 radical (unpaired) electrons. The lowest BCUT2D eigenvalue weighted by atomic mass is 9.92. The van der Waals surface area contributed by atoms with Gasteiger partial charge >= 0.3 is 0 Å². The Morgan fingerprint density at radius 3 is 2.39 bits per heavy atom. The summed E-state index contributed by atoms with van der Waals surface area (Å²) in [5.41, 5.74) is 0.749. The first-order valence-electron chi connectivity index (χ1n) is 7.78. The Bertz CT molecular complexity index is 513. The summed E-state index contributed by atoms with van der Waals surface area (Å²) in [4.78, 5) is 20.9. The van der Waals surface area contributed by atoms with Gasteiger partial charge in [-0.15, -0.1) is 24.8 Å². The number of aromatic nitrogens is 1. The van der Waals surface area contributed by atoms with E-state index in [1.807, 2.05) is 36.0 Å².